The van der Waals surface area contributed by atoms with E-state index in [2.05, 4.69) is 26.5 Å². The molecule has 0 bridgehead atoms. The highest BCUT2D eigenvalue weighted by atomic mass is 79.9. The Labute approximate surface area is 208 Å². The van der Waals surface area contributed by atoms with Crippen LogP contribution < -0.4 is 14.9 Å². The van der Waals surface area contributed by atoms with E-state index in [1.807, 2.05) is 6.92 Å². The predicted molar refractivity (Wildman–Crippen MR) is 132 cm³/mol. The molecule has 0 spiro atoms. The second kappa shape index (κ2) is 10.7. The Morgan fingerprint density at radius 2 is 2.00 bits per heavy atom. The molecule has 0 aliphatic heterocycles. The highest BCUT2D eigenvalue weighted by Crippen LogP contribution is 2.35. The van der Waals surface area contributed by atoms with Gasteiger partial charge in [0.25, 0.3) is 0 Å². The maximum Gasteiger partial charge on any atom is 0.307 e. The van der Waals surface area contributed by atoms with Crippen LogP contribution >= 0.6 is 27.5 Å². The van der Waals surface area contributed by atoms with E-state index in [-0.39, 0.29) is 18.2 Å². The van der Waals surface area contributed by atoms with Gasteiger partial charge < -0.3 is 13.9 Å². The van der Waals surface area contributed by atoms with Gasteiger partial charge >= 0.3 is 5.91 Å². The lowest BCUT2D eigenvalue weighted by molar-refractivity contribution is 0.0929. The average molecular weight is 546 g/mol. The smallest absolute Gasteiger partial charge is 0.307 e. The normalized spacial score (nSPS) is 11.2. The number of rotatable bonds is 8. The van der Waals surface area contributed by atoms with Crippen LogP contribution in [0.25, 0.3) is 11.0 Å². The molecular formula is C25H19BrClFN2O4. The molecule has 4 rings (SSSR count). The van der Waals surface area contributed by atoms with Crippen molar-refractivity contribution in [2.24, 2.45) is 5.10 Å². The highest BCUT2D eigenvalue weighted by molar-refractivity contribution is 9.10. The molecule has 0 atom stereocenters. The Morgan fingerprint density at radius 1 is 1.18 bits per heavy atom. The average Bonchev–Trinajstić information content (AvgIpc) is 3.23. The van der Waals surface area contributed by atoms with Gasteiger partial charge in [-0.25, -0.2) is 9.82 Å². The molecule has 4 aromatic rings. The number of carbonyl (C=O) groups excluding carboxylic acids is 1. The van der Waals surface area contributed by atoms with E-state index in [0.717, 1.165) is 5.39 Å². The molecule has 1 aromatic heterocycles. The minimum absolute atomic E-state index is 0.0258. The number of benzene rings is 3. The Bertz CT molecular complexity index is 1350. The number of nitrogens with zero attached hydrogens (tertiary/aromatic N) is 1. The number of nitrogens with one attached hydrogen (secondary N) is 1. The molecule has 1 heterocycles. The quantitative estimate of drug-likeness (QED) is 0.197. The predicted octanol–water partition coefficient (Wildman–Crippen LogP) is 6.73. The van der Waals surface area contributed by atoms with Crippen molar-refractivity contribution < 1.29 is 23.1 Å². The van der Waals surface area contributed by atoms with E-state index in [9.17, 15) is 9.18 Å². The first kappa shape index (κ1) is 23.8. The van der Waals surface area contributed by atoms with Crippen LogP contribution in [0.4, 0.5) is 4.39 Å². The molecule has 1 amide bonds. The Kier molecular flexibility index (Phi) is 7.49. The van der Waals surface area contributed by atoms with Crippen molar-refractivity contribution in [3.63, 3.8) is 0 Å². The SMILES string of the molecule is CCOc1ccc2oc(C(=O)N/N=C/c3cc(Cl)c(OCc4ccccc4F)c(Br)c3)cc2c1. The molecule has 0 aliphatic carbocycles. The maximum absolute atomic E-state index is 13.8. The summed E-state index contributed by atoms with van der Waals surface area (Å²) in [4.78, 5) is 12.4. The van der Waals surface area contributed by atoms with Gasteiger partial charge in [-0.15, -0.1) is 0 Å². The van der Waals surface area contributed by atoms with Crippen LogP contribution in [0.5, 0.6) is 11.5 Å². The van der Waals surface area contributed by atoms with E-state index in [1.54, 1.807) is 54.6 Å². The monoisotopic (exact) mass is 544 g/mol. The second-order valence-corrected chi connectivity index (χ2v) is 8.40. The lowest BCUT2D eigenvalue weighted by atomic mass is 10.2. The maximum atomic E-state index is 13.8. The van der Waals surface area contributed by atoms with Gasteiger partial charge in [-0.1, -0.05) is 29.8 Å². The minimum Gasteiger partial charge on any atom is -0.494 e. The van der Waals surface area contributed by atoms with Crippen LogP contribution in [0, 0.1) is 5.82 Å². The van der Waals surface area contributed by atoms with Gasteiger partial charge in [0, 0.05) is 10.9 Å². The number of halogens is 3. The van der Waals surface area contributed by atoms with Gasteiger partial charge in [-0.3, -0.25) is 4.79 Å². The van der Waals surface area contributed by atoms with Crippen molar-refractivity contribution in [3.05, 3.63) is 92.9 Å². The van der Waals surface area contributed by atoms with E-state index < -0.39 is 5.91 Å². The summed E-state index contributed by atoms with van der Waals surface area (Å²) in [6.45, 7) is 2.47. The second-order valence-electron chi connectivity index (χ2n) is 7.14. The molecule has 0 radical (unpaired) electrons. The van der Waals surface area contributed by atoms with E-state index >= 15 is 0 Å². The summed E-state index contributed by atoms with van der Waals surface area (Å²) in [5.74, 6) is 0.343. The van der Waals surface area contributed by atoms with Crippen molar-refractivity contribution in [1.82, 2.24) is 5.43 Å². The fourth-order valence-electron chi connectivity index (χ4n) is 3.17. The third-order valence-corrected chi connectivity index (χ3v) is 5.62. The van der Waals surface area contributed by atoms with Crippen LogP contribution in [0.3, 0.4) is 0 Å². The number of amides is 1. The molecule has 34 heavy (non-hydrogen) atoms. The molecule has 0 saturated heterocycles. The van der Waals surface area contributed by atoms with Gasteiger partial charge in [0.05, 0.1) is 22.3 Å². The van der Waals surface area contributed by atoms with Crippen LogP contribution in [0.2, 0.25) is 5.02 Å². The standard InChI is InChI=1S/C25H19BrClFN2O4/c1-2-32-18-7-8-22-17(11-18)12-23(34-22)25(31)30-29-13-15-9-19(26)24(20(27)10-15)33-14-16-5-3-4-6-21(16)28/h3-13H,2,14H2,1H3,(H,30,31)/b29-13+. The number of ether oxygens (including phenoxy) is 2. The molecular weight excluding hydrogens is 527 g/mol. The number of hydrogen-bond donors (Lipinski definition) is 1. The molecule has 0 saturated carbocycles. The molecule has 3 aromatic carbocycles. The summed E-state index contributed by atoms with van der Waals surface area (Å²) >= 11 is 9.74. The van der Waals surface area contributed by atoms with Gasteiger partial charge in [-0.2, -0.15) is 5.10 Å². The summed E-state index contributed by atoms with van der Waals surface area (Å²) < 4.78 is 31.1. The first-order valence-electron chi connectivity index (χ1n) is 10.3. The van der Waals surface area contributed by atoms with Crippen LogP contribution in [0.1, 0.15) is 28.6 Å². The summed E-state index contributed by atoms with van der Waals surface area (Å²) in [5.41, 5.74) is 4.03. The van der Waals surface area contributed by atoms with Crippen molar-refractivity contribution in [2.75, 3.05) is 6.61 Å². The highest BCUT2D eigenvalue weighted by Gasteiger charge is 2.13. The third-order valence-electron chi connectivity index (χ3n) is 4.75. The molecule has 1 N–H and O–H groups in total. The number of carbonyl (C=O) groups is 1. The number of fused-ring (bicyclic) bond motifs is 1. The largest absolute Gasteiger partial charge is 0.494 e. The summed E-state index contributed by atoms with van der Waals surface area (Å²) in [7, 11) is 0. The lowest BCUT2D eigenvalue weighted by Crippen LogP contribution is -2.16. The summed E-state index contributed by atoms with van der Waals surface area (Å²) in [6.07, 6.45) is 1.44. The first-order valence-corrected chi connectivity index (χ1v) is 11.5. The minimum atomic E-state index is -0.500. The van der Waals surface area contributed by atoms with Crippen molar-refractivity contribution in [1.29, 1.82) is 0 Å². The number of furan rings is 1. The Morgan fingerprint density at radius 3 is 2.76 bits per heavy atom. The van der Waals surface area contributed by atoms with E-state index in [4.69, 9.17) is 25.5 Å². The lowest BCUT2D eigenvalue weighted by Gasteiger charge is -2.11. The molecule has 9 heteroatoms. The Hall–Kier alpha value is -3.36. The fourth-order valence-corrected chi connectivity index (χ4v) is 4.16. The van der Waals surface area contributed by atoms with Crippen LogP contribution in [0.15, 0.2) is 74.7 Å². The molecule has 0 fully saturated rings. The molecule has 174 valence electrons. The van der Waals surface area contributed by atoms with Gasteiger partial charge in [0.2, 0.25) is 0 Å². The van der Waals surface area contributed by atoms with Gasteiger partial charge in [-0.05, 0) is 70.9 Å². The zero-order valence-electron chi connectivity index (χ0n) is 18.0. The molecule has 0 unspecified atom stereocenters. The topological polar surface area (TPSA) is 73.1 Å². The van der Waals surface area contributed by atoms with E-state index in [1.165, 1.54) is 12.3 Å². The first-order chi connectivity index (χ1) is 16.4. The van der Waals surface area contributed by atoms with Crippen LogP contribution in [-0.4, -0.2) is 18.7 Å². The van der Waals surface area contributed by atoms with E-state index in [0.29, 0.717) is 44.3 Å². The van der Waals surface area contributed by atoms with Crippen molar-refractivity contribution in [2.45, 2.75) is 13.5 Å². The van der Waals surface area contributed by atoms with Crippen LogP contribution in [-0.2, 0) is 6.61 Å². The summed E-state index contributed by atoms with van der Waals surface area (Å²) in [6, 6.07) is 16.6. The van der Waals surface area contributed by atoms with Gasteiger partial charge in [0.1, 0.15) is 23.8 Å². The number of hydrogen-bond acceptors (Lipinski definition) is 5. The fraction of sp³-hybridized carbons (Fsp3) is 0.120. The number of hydrazone groups is 1. The van der Waals surface area contributed by atoms with Gasteiger partial charge in [0.15, 0.2) is 11.5 Å². The van der Waals surface area contributed by atoms with Crippen molar-refractivity contribution in [3.8, 4) is 11.5 Å². The zero-order valence-corrected chi connectivity index (χ0v) is 20.3. The molecule has 0 aliphatic rings. The Balaban J connectivity index is 1.41. The third kappa shape index (κ3) is 5.58. The van der Waals surface area contributed by atoms with Crippen molar-refractivity contribution >= 4 is 50.6 Å². The summed E-state index contributed by atoms with van der Waals surface area (Å²) in [5, 5.41) is 5.03. The molecule has 6 nitrogen and oxygen atoms in total. The zero-order chi connectivity index (χ0) is 24.1.